The van der Waals surface area contributed by atoms with Gasteiger partial charge in [0.2, 0.25) is 5.91 Å². The third-order valence-electron chi connectivity index (χ3n) is 4.32. The fourth-order valence-corrected chi connectivity index (χ4v) is 2.93. The van der Waals surface area contributed by atoms with Crippen LogP contribution in [0.25, 0.3) is 10.9 Å². The maximum absolute atomic E-state index is 12.1. The van der Waals surface area contributed by atoms with Gasteiger partial charge in [-0.15, -0.1) is 24.8 Å². The molecule has 2 atom stereocenters. The van der Waals surface area contributed by atoms with E-state index in [4.69, 9.17) is 10.5 Å². The zero-order valence-electron chi connectivity index (χ0n) is 14.4. The van der Waals surface area contributed by atoms with Crippen molar-refractivity contribution in [2.75, 3.05) is 13.2 Å². The third-order valence-corrected chi connectivity index (χ3v) is 4.32. The number of benzene rings is 1. The number of ether oxygens (including phenoxy) is 1. The number of fused-ring (bicyclic) bond motifs is 1. The molecule has 3 rings (SSSR count). The van der Waals surface area contributed by atoms with Gasteiger partial charge < -0.3 is 15.8 Å². The number of hydrogen-bond acceptors (Lipinski definition) is 4. The second-order valence-electron chi connectivity index (χ2n) is 6.79. The Labute approximate surface area is 160 Å². The van der Waals surface area contributed by atoms with Crippen molar-refractivity contribution in [1.29, 1.82) is 0 Å². The molecule has 0 saturated carbocycles. The Balaban J connectivity index is 0.00000156. The number of aromatic nitrogens is 1. The van der Waals surface area contributed by atoms with Crippen molar-refractivity contribution in [3.05, 3.63) is 42.1 Å². The van der Waals surface area contributed by atoms with Gasteiger partial charge in [-0.2, -0.15) is 0 Å². The minimum atomic E-state index is -0.878. The van der Waals surface area contributed by atoms with Crippen LogP contribution in [0.1, 0.15) is 19.4 Å². The lowest BCUT2D eigenvalue weighted by molar-refractivity contribution is -0.126. The number of rotatable bonds is 4. The molecule has 138 valence electrons. The van der Waals surface area contributed by atoms with Crippen molar-refractivity contribution in [1.82, 2.24) is 10.3 Å². The second-order valence-corrected chi connectivity index (χ2v) is 6.79. The van der Waals surface area contributed by atoms with Gasteiger partial charge in [-0.05, 0) is 38.0 Å². The molecule has 1 aromatic heterocycles. The average molecular weight is 386 g/mol. The summed E-state index contributed by atoms with van der Waals surface area (Å²) in [5.41, 5.74) is 7.22. The van der Waals surface area contributed by atoms with Gasteiger partial charge in [0, 0.05) is 17.5 Å². The molecule has 0 radical (unpaired) electrons. The van der Waals surface area contributed by atoms with Crippen LogP contribution in [0.5, 0.6) is 0 Å². The van der Waals surface area contributed by atoms with Crippen LogP contribution < -0.4 is 11.1 Å². The summed E-state index contributed by atoms with van der Waals surface area (Å²) < 4.78 is 5.60. The number of carbonyl (C=O) groups excluding carboxylic acids is 1. The second kappa shape index (κ2) is 8.81. The lowest BCUT2D eigenvalue weighted by Gasteiger charge is -2.24. The van der Waals surface area contributed by atoms with E-state index >= 15 is 0 Å². The van der Waals surface area contributed by atoms with Crippen LogP contribution in [-0.2, 0) is 16.0 Å². The van der Waals surface area contributed by atoms with Gasteiger partial charge in [-0.3, -0.25) is 9.78 Å². The molecule has 7 heteroatoms. The maximum atomic E-state index is 12.1. The number of hydrogen-bond donors (Lipinski definition) is 2. The summed E-state index contributed by atoms with van der Waals surface area (Å²) in [7, 11) is 0. The predicted molar refractivity (Wildman–Crippen MR) is 104 cm³/mol. The van der Waals surface area contributed by atoms with Gasteiger partial charge in [0.15, 0.2) is 0 Å². The van der Waals surface area contributed by atoms with E-state index in [1.807, 2.05) is 30.5 Å². The SMILES string of the molecule is CC(C)(N)C(=O)N[C@@H]1COC[C@H]1Cc1ccnc2ccccc12.Cl.Cl. The van der Waals surface area contributed by atoms with E-state index < -0.39 is 5.54 Å². The fourth-order valence-electron chi connectivity index (χ4n) is 2.93. The number of para-hydroxylation sites is 1. The summed E-state index contributed by atoms with van der Waals surface area (Å²) in [5, 5.41) is 4.19. The summed E-state index contributed by atoms with van der Waals surface area (Å²) in [6.07, 6.45) is 2.68. The van der Waals surface area contributed by atoms with Crippen molar-refractivity contribution in [2.24, 2.45) is 11.7 Å². The quantitative estimate of drug-likeness (QED) is 0.847. The first-order chi connectivity index (χ1) is 10.9. The Morgan fingerprint density at radius 2 is 2.00 bits per heavy atom. The molecule has 0 aliphatic carbocycles. The maximum Gasteiger partial charge on any atom is 0.239 e. The minimum Gasteiger partial charge on any atom is -0.379 e. The lowest BCUT2D eigenvalue weighted by Crippen LogP contribution is -2.53. The van der Waals surface area contributed by atoms with E-state index in [1.54, 1.807) is 13.8 Å². The summed E-state index contributed by atoms with van der Waals surface area (Å²) in [6, 6.07) is 10.2. The summed E-state index contributed by atoms with van der Waals surface area (Å²) >= 11 is 0. The molecule has 25 heavy (non-hydrogen) atoms. The first-order valence-corrected chi connectivity index (χ1v) is 7.95. The van der Waals surface area contributed by atoms with Gasteiger partial charge in [-0.25, -0.2) is 0 Å². The highest BCUT2D eigenvalue weighted by Crippen LogP contribution is 2.24. The Hall–Kier alpha value is -1.40. The number of amides is 1. The largest absolute Gasteiger partial charge is 0.379 e. The topological polar surface area (TPSA) is 77.2 Å². The summed E-state index contributed by atoms with van der Waals surface area (Å²) in [4.78, 5) is 16.5. The number of halogens is 2. The highest BCUT2D eigenvalue weighted by atomic mass is 35.5. The van der Waals surface area contributed by atoms with Gasteiger partial charge in [-0.1, -0.05) is 18.2 Å². The Bertz CT molecular complexity index is 714. The molecule has 5 nitrogen and oxygen atoms in total. The van der Waals surface area contributed by atoms with Crippen LogP contribution in [0.4, 0.5) is 0 Å². The fraction of sp³-hybridized carbons (Fsp3) is 0.444. The van der Waals surface area contributed by atoms with Gasteiger partial charge in [0.25, 0.3) is 0 Å². The standard InChI is InChI=1S/C18H23N3O2.2ClH/c1-18(2,19)17(22)21-16-11-23-10-13(16)9-12-7-8-20-15-6-4-3-5-14(12)15;;/h3-8,13,16H,9-11,19H2,1-2H3,(H,21,22);2*1H/t13-,16-;;/m1../s1. The highest BCUT2D eigenvalue weighted by Gasteiger charge is 2.33. The monoisotopic (exact) mass is 385 g/mol. The molecule has 1 fully saturated rings. The molecule has 1 aromatic carbocycles. The van der Waals surface area contributed by atoms with Crippen molar-refractivity contribution < 1.29 is 9.53 Å². The van der Waals surface area contributed by atoms with E-state index in [2.05, 4.69) is 16.4 Å². The smallest absolute Gasteiger partial charge is 0.239 e. The van der Waals surface area contributed by atoms with Crippen LogP contribution in [0.2, 0.25) is 0 Å². The van der Waals surface area contributed by atoms with Crippen molar-refractivity contribution in [3.8, 4) is 0 Å². The Kier molecular flexibility index (Phi) is 7.62. The first-order valence-electron chi connectivity index (χ1n) is 7.95. The average Bonchev–Trinajstić information content (AvgIpc) is 2.94. The lowest BCUT2D eigenvalue weighted by atomic mass is 9.92. The molecule has 0 unspecified atom stereocenters. The van der Waals surface area contributed by atoms with E-state index in [9.17, 15) is 4.79 Å². The van der Waals surface area contributed by atoms with Crippen molar-refractivity contribution >= 4 is 41.6 Å². The normalized spacial score (nSPS) is 19.8. The van der Waals surface area contributed by atoms with Crippen LogP contribution in [-0.4, -0.2) is 35.7 Å². The molecule has 0 spiro atoms. The zero-order valence-corrected chi connectivity index (χ0v) is 16.0. The Morgan fingerprint density at radius 1 is 1.28 bits per heavy atom. The van der Waals surface area contributed by atoms with E-state index in [-0.39, 0.29) is 42.7 Å². The van der Waals surface area contributed by atoms with E-state index in [0.29, 0.717) is 13.2 Å². The van der Waals surface area contributed by atoms with Crippen LogP contribution in [0.3, 0.4) is 0 Å². The molecule has 1 aliphatic heterocycles. The predicted octanol–water partition coefficient (Wildman–Crippen LogP) is 2.49. The van der Waals surface area contributed by atoms with Gasteiger partial charge in [0.1, 0.15) is 0 Å². The number of nitrogens with one attached hydrogen (secondary N) is 1. The Morgan fingerprint density at radius 3 is 2.72 bits per heavy atom. The highest BCUT2D eigenvalue weighted by molar-refractivity contribution is 5.86. The van der Waals surface area contributed by atoms with Crippen molar-refractivity contribution in [2.45, 2.75) is 31.8 Å². The molecule has 1 amide bonds. The molecule has 2 heterocycles. The molecular formula is C18H25Cl2N3O2. The van der Waals surface area contributed by atoms with Crippen molar-refractivity contribution in [3.63, 3.8) is 0 Å². The van der Waals surface area contributed by atoms with Crippen LogP contribution in [0, 0.1) is 5.92 Å². The molecular weight excluding hydrogens is 361 g/mol. The summed E-state index contributed by atoms with van der Waals surface area (Å²) in [6.45, 7) is 4.61. The number of nitrogens with zero attached hydrogens (tertiary/aromatic N) is 1. The van der Waals surface area contributed by atoms with Crippen LogP contribution >= 0.6 is 24.8 Å². The van der Waals surface area contributed by atoms with Gasteiger partial charge >= 0.3 is 0 Å². The number of nitrogens with two attached hydrogens (primary N) is 1. The molecule has 2 aromatic rings. The van der Waals surface area contributed by atoms with Gasteiger partial charge in [0.05, 0.1) is 30.3 Å². The molecule has 1 saturated heterocycles. The van der Waals surface area contributed by atoms with E-state index in [0.717, 1.165) is 17.3 Å². The minimum absolute atomic E-state index is 0. The molecule has 1 aliphatic rings. The number of carbonyl (C=O) groups is 1. The zero-order chi connectivity index (χ0) is 16.4. The number of pyridine rings is 1. The third kappa shape index (κ3) is 5.05. The summed E-state index contributed by atoms with van der Waals surface area (Å²) in [5.74, 6) is 0.102. The first kappa shape index (κ1) is 21.6. The van der Waals surface area contributed by atoms with E-state index in [1.165, 1.54) is 5.56 Å². The molecule has 3 N–H and O–H groups in total. The van der Waals surface area contributed by atoms with Crippen LogP contribution in [0.15, 0.2) is 36.5 Å². The molecule has 0 bridgehead atoms.